The van der Waals surface area contributed by atoms with Gasteiger partial charge < -0.3 is 15.4 Å². The molecule has 2 N–H and O–H groups in total. The summed E-state index contributed by atoms with van der Waals surface area (Å²) in [5, 5.41) is 14.8. The summed E-state index contributed by atoms with van der Waals surface area (Å²) in [6, 6.07) is 9.08. The standard InChI is InChI=1S/C16H21N3O2/c1-2-6-16(7-9-18-12-16)15(20)19-13-4-3-5-14(11-13)21-10-8-17/h3-5,11,18H,2,6-7,9-10,12H2,1H3,(H,19,20). The Labute approximate surface area is 125 Å². The van der Waals surface area contributed by atoms with E-state index in [9.17, 15) is 4.79 Å². The second kappa shape index (κ2) is 7.09. The molecule has 1 aliphatic rings. The van der Waals surface area contributed by atoms with Crippen LogP contribution in [0.1, 0.15) is 26.2 Å². The molecule has 1 aliphatic heterocycles. The molecule has 21 heavy (non-hydrogen) atoms. The molecule has 0 saturated carbocycles. The Balaban J connectivity index is 2.06. The van der Waals surface area contributed by atoms with Crippen molar-refractivity contribution in [2.45, 2.75) is 26.2 Å². The first-order valence-corrected chi connectivity index (χ1v) is 7.32. The molecule has 0 aromatic heterocycles. The van der Waals surface area contributed by atoms with E-state index >= 15 is 0 Å². The predicted molar refractivity (Wildman–Crippen MR) is 81.0 cm³/mol. The predicted octanol–water partition coefficient (Wildman–Crippen LogP) is 2.31. The van der Waals surface area contributed by atoms with Crippen LogP contribution in [0.25, 0.3) is 0 Å². The number of anilines is 1. The molecule has 1 aromatic rings. The highest BCUT2D eigenvalue weighted by Crippen LogP contribution is 2.32. The van der Waals surface area contributed by atoms with Crippen molar-refractivity contribution in [3.05, 3.63) is 24.3 Å². The van der Waals surface area contributed by atoms with Gasteiger partial charge in [-0.2, -0.15) is 5.26 Å². The second-order valence-corrected chi connectivity index (χ2v) is 5.39. The third-order valence-corrected chi connectivity index (χ3v) is 3.85. The van der Waals surface area contributed by atoms with Gasteiger partial charge in [0.15, 0.2) is 6.61 Å². The molecule has 1 fully saturated rings. The molecule has 2 rings (SSSR count). The lowest BCUT2D eigenvalue weighted by Crippen LogP contribution is -2.38. The topological polar surface area (TPSA) is 74.1 Å². The second-order valence-electron chi connectivity index (χ2n) is 5.39. The highest BCUT2D eigenvalue weighted by atomic mass is 16.5. The molecule has 5 heteroatoms. The Morgan fingerprint density at radius 2 is 2.43 bits per heavy atom. The number of nitrogens with one attached hydrogen (secondary N) is 2. The van der Waals surface area contributed by atoms with Gasteiger partial charge in [-0.25, -0.2) is 0 Å². The van der Waals surface area contributed by atoms with E-state index in [1.165, 1.54) is 0 Å². The minimum absolute atomic E-state index is 0.00108. The van der Waals surface area contributed by atoms with Crippen LogP contribution in [-0.4, -0.2) is 25.6 Å². The number of benzene rings is 1. The van der Waals surface area contributed by atoms with Crippen molar-refractivity contribution < 1.29 is 9.53 Å². The Bertz CT molecular complexity index is 531. The quantitative estimate of drug-likeness (QED) is 0.842. The molecule has 0 bridgehead atoms. The molecule has 1 atom stereocenters. The maximum atomic E-state index is 12.6. The number of amides is 1. The first-order valence-electron chi connectivity index (χ1n) is 7.32. The van der Waals surface area contributed by atoms with Crippen LogP contribution in [0.4, 0.5) is 5.69 Å². The Morgan fingerprint density at radius 3 is 3.10 bits per heavy atom. The number of ether oxygens (including phenoxy) is 1. The SMILES string of the molecule is CCCC1(C(=O)Nc2cccc(OCC#N)c2)CCNC1. The summed E-state index contributed by atoms with van der Waals surface area (Å²) in [6.45, 7) is 3.72. The van der Waals surface area contributed by atoms with Crippen LogP contribution in [0.2, 0.25) is 0 Å². The van der Waals surface area contributed by atoms with Crippen molar-refractivity contribution >= 4 is 11.6 Å². The maximum absolute atomic E-state index is 12.6. The van der Waals surface area contributed by atoms with Gasteiger partial charge in [0.2, 0.25) is 5.91 Å². The summed E-state index contributed by atoms with van der Waals surface area (Å²) >= 11 is 0. The maximum Gasteiger partial charge on any atom is 0.231 e. The minimum Gasteiger partial charge on any atom is -0.479 e. The van der Waals surface area contributed by atoms with E-state index in [2.05, 4.69) is 17.6 Å². The van der Waals surface area contributed by atoms with Gasteiger partial charge in [-0.05, 0) is 31.5 Å². The first-order chi connectivity index (χ1) is 10.2. The fourth-order valence-corrected chi connectivity index (χ4v) is 2.79. The smallest absolute Gasteiger partial charge is 0.231 e. The van der Waals surface area contributed by atoms with Crippen molar-refractivity contribution in [2.24, 2.45) is 5.41 Å². The number of hydrogen-bond acceptors (Lipinski definition) is 4. The molecule has 1 aromatic carbocycles. The van der Waals surface area contributed by atoms with Gasteiger partial charge in [0.05, 0.1) is 5.41 Å². The Hall–Kier alpha value is -2.06. The minimum atomic E-state index is -0.307. The van der Waals surface area contributed by atoms with Crippen molar-refractivity contribution in [1.29, 1.82) is 5.26 Å². The molecule has 5 nitrogen and oxygen atoms in total. The number of rotatable bonds is 6. The number of carbonyl (C=O) groups excluding carboxylic acids is 1. The van der Waals surface area contributed by atoms with Gasteiger partial charge in [0.1, 0.15) is 11.8 Å². The van der Waals surface area contributed by atoms with Crippen LogP contribution < -0.4 is 15.4 Å². The zero-order chi connectivity index (χ0) is 15.1. The van der Waals surface area contributed by atoms with Crippen molar-refractivity contribution in [1.82, 2.24) is 5.32 Å². The van der Waals surface area contributed by atoms with Gasteiger partial charge in [0.25, 0.3) is 0 Å². The Morgan fingerprint density at radius 1 is 1.57 bits per heavy atom. The van der Waals surface area contributed by atoms with Crippen molar-refractivity contribution in [3.63, 3.8) is 0 Å². The molecule has 0 spiro atoms. The zero-order valence-corrected chi connectivity index (χ0v) is 12.3. The summed E-state index contributed by atoms with van der Waals surface area (Å²) < 4.78 is 5.25. The molecule has 1 amide bonds. The first kappa shape index (κ1) is 15.3. The van der Waals surface area contributed by atoms with Gasteiger partial charge in [-0.3, -0.25) is 4.79 Å². The molecule has 0 radical (unpaired) electrons. The van der Waals surface area contributed by atoms with Crippen LogP contribution in [0.5, 0.6) is 5.75 Å². The lowest BCUT2D eigenvalue weighted by Gasteiger charge is -2.26. The lowest BCUT2D eigenvalue weighted by molar-refractivity contribution is -0.125. The largest absolute Gasteiger partial charge is 0.479 e. The summed E-state index contributed by atoms with van der Waals surface area (Å²) in [5.74, 6) is 0.648. The molecule has 112 valence electrons. The van der Waals surface area contributed by atoms with Crippen LogP contribution in [0.3, 0.4) is 0 Å². The molecular formula is C16H21N3O2. The summed E-state index contributed by atoms with van der Waals surface area (Å²) in [5.41, 5.74) is 0.399. The lowest BCUT2D eigenvalue weighted by atomic mass is 9.81. The van der Waals surface area contributed by atoms with Gasteiger partial charge >= 0.3 is 0 Å². The third kappa shape index (κ3) is 3.73. The zero-order valence-electron chi connectivity index (χ0n) is 12.3. The van der Waals surface area contributed by atoms with Gasteiger partial charge in [0, 0.05) is 18.3 Å². The molecule has 1 unspecified atom stereocenters. The van der Waals surface area contributed by atoms with E-state index in [4.69, 9.17) is 10.00 Å². The number of hydrogen-bond donors (Lipinski definition) is 2. The van der Waals surface area contributed by atoms with Crippen LogP contribution in [0, 0.1) is 16.7 Å². The average Bonchev–Trinajstić information content (AvgIpc) is 2.96. The molecular weight excluding hydrogens is 266 g/mol. The number of nitrogens with zero attached hydrogens (tertiary/aromatic N) is 1. The monoisotopic (exact) mass is 287 g/mol. The van der Waals surface area contributed by atoms with Gasteiger partial charge in [-0.1, -0.05) is 19.4 Å². The van der Waals surface area contributed by atoms with Crippen LogP contribution >= 0.6 is 0 Å². The van der Waals surface area contributed by atoms with E-state index < -0.39 is 0 Å². The van der Waals surface area contributed by atoms with E-state index in [1.54, 1.807) is 12.1 Å². The molecule has 1 heterocycles. The van der Waals surface area contributed by atoms with Crippen LogP contribution in [0.15, 0.2) is 24.3 Å². The highest BCUT2D eigenvalue weighted by Gasteiger charge is 2.40. The summed E-state index contributed by atoms with van der Waals surface area (Å²) in [6.07, 6.45) is 2.74. The molecule has 1 saturated heterocycles. The number of carbonyl (C=O) groups is 1. The fourth-order valence-electron chi connectivity index (χ4n) is 2.79. The summed E-state index contributed by atoms with van der Waals surface area (Å²) in [7, 11) is 0. The van der Waals surface area contributed by atoms with Gasteiger partial charge in [-0.15, -0.1) is 0 Å². The molecule has 0 aliphatic carbocycles. The summed E-state index contributed by atoms with van der Waals surface area (Å²) in [4.78, 5) is 12.6. The van der Waals surface area contributed by atoms with E-state index in [0.717, 1.165) is 32.4 Å². The van der Waals surface area contributed by atoms with Crippen LogP contribution in [-0.2, 0) is 4.79 Å². The van der Waals surface area contributed by atoms with Crippen molar-refractivity contribution in [3.8, 4) is 11.8 Å². The third-order valence-electron chi connectivity index (χ3n) is 3.85. The van der Waals surface area contributed by atoms with Crippen molar-refractivity contribution in [2.75, 3.05) is 25.0 Å². The van der Waals surface area contributed by atoms with E-state index in [1.807, 2.05) is 18.2 Å². The Kier molecular flexibility index (Phi) is 5.18. The normalized spacial score (nSPS) is 20.8. The number of nitriles is 1. The fraction of sp³-hybridized carbons (Fsp3) is 0.500. The van der Waals surface area contributed by atoms with E-state index in [-0.39, 0.29) is 17.9 Å². The highest BCUT2D eigenvalue weighted by molar-refractivity contribution is 5.95. The van der Waals surface area contributed by atoms with E-state index in [0.29, 0.717) is 11.4 Å². The average molecular weight is 287 g/mol.